The van der Waals surface area contributed by atoms with Crippen molar-refractivity contribution in [1.29, 1.82) is 5.26 Å². The maximum atomic E-state index is 13.1. The number of hydrogen-bond donors (Lipinski definition) is 0. The van der Waals surface area contributed by atoms with Crippen LogP contribution in [-0.4, -0.2) is 5.75 Å². The monoisotopic (exact) mass is 307 g/mol. The SMILES string of the molecule is CCSc1cccc(Oc2ccc(F)c(Cl)c2)c1C#N. The average molecular weight is 308 g/mol. The highest BCUT2D eigenvalue weighted by Crippen LogP contribution is 2.33. The lowest BCUT2D eigenvalue weighted by Gasteiger charge is -2.10. The fourth-order valence-corrected chi connectivity index (χ4v) is 2.60. The van der Waals surface area contributed by atoms with Crippen LogP contribution >= 0.6 is 23.4 Å². The summed E-state index contributed by atoms with van der Waals surface area (Å²) in [6.45, 7) is 2.01. The highest BCUT2D eigenvalue weighted by Gasteiger charge is 2.11. The number of ether oxygens (including phenoxy) is 1. The third-order valence-corrected chi connectivity index (χ3v) is 3.75. The zero-order valence-electron chi connectivity index (χ0n) is 10.7. The summed E-state index contributed by atoms with van der Waals surface area (Å²) in [6, 6.07) is 11.6. The number of hydrogen-bond acceptors (Lipinski definition) is 3. The van der Waals surface area contributed by atoms with Gasteiger partial charge in [-0.15, -0.1) is 11.8 Å². The van der Waals surface area contributed by atoms with Gasteiger partial charge in [-0.2, -0.15) is 5.26 Å². The molecule has 0 aliphatic carbocycles. The van der Waals surface area contributed by atoms with Gasteiger partial charge >= 0.3 is 0 Å². The van der Waals surface area contributed by atoms with Crippen LogP contribution in [0, 0.1) is 17.1 Å². The highest BCUT2D eigenvalue weighted by atomic mass is 35.5. The number of thioether (sulfide) groups is 1. The second-order valence-electron chi connectivity index (χ2n) is 3.85. The van der Waals surface area contributed by atoms with Crippen molar-refractivity contribution in [2.24, 2.45) is 0 Å². The van der Waals surface area contributed by atoms with E-state index in [1.807, 2.05) is 19.1 Å². The van der Waals surface area contributed by atoms with Crippen LogP contribution in [0.2, 0.25) is 5.02 Å². The van der Waals surface area contributed by atoms with Gasteiger partial charge < -0.3 is 4.74 Å². The van der Waals surface area contributed by atoms with E-state index in [1.54, 1.807) is 17.8 Å². The Hall–Kier alpha value is -1.70. The molecule has 2 aromatic carbocycles. The molecule has 2 nitrogen and oxygen atoms in total. The molecule has 0 aromatic heterocycles. The first-order chi connectivity index (χ1) is 9.65. The van der Waals surface area contributed by atoms with Crippen molar-refractivity contribution in [3.63, 3.8) is 0 Å². The van der Waals surface area contributed by atoms with Crippen LogP contribution in [0.1, 0.15) is 12.5 Å². The van der Waals surface area contributed by atoms with Crippen molar-refractivity contribution in [2.75, 3.05) is 5.75 Å². The Bertz CT molecular complexity index is 669. The van der Waals surface area contributed by atoms with Gasteiger partial charge in [-0.25, -0.2) is 4.39 Å². The van der Waals surface area contributed by atoms with Gasteiger partial charge in [-0.3, -0.25) is 0 Å². The second kappa shape index (κ2) is 6.65. The van der Waals surface area contributed by atoms with E-state index in [0.717, 1.165) is 10.6 Å². The summed E-state index contributed by atoms with van der Waals surface area (Å²) in [5.41, 5.74) is 0.472. The molecular formula is C15H11ClFNOS. The molecule has 0 saturated carbocycles. The Morgan fingerprint density at radius 2 is 2.15 bits per heavy atom. The summed E-state index contributed by atoms with van der Waals surface area (Å²) in [5.74, 6) is 1.19. The van der Waals surface area contributed by atoms with Crippen molar-refractivity contribution >= 4 is 23.4 Å². The lowest BCUT2D eigenvalue weighted by molar-refractivity contribution is 0.477. The predicted octanol–water partition coefficient (Wildman–Crippen LogP) is 5.26. The van der Waals surface area contributed by atoms with Crippen LogP contribution in [0.15, 0.2) is 41.3 Å². The standard InChI is InChI=1S/C15H11ClFNOS/c1-2-20-15-5-3-4-14(11(15)9-18)19-10-6-7-13(17)12(16)8-10/h3-8H,2H2,1H3. The Morgan fingerprint density at radius 1 is 1.35 bits per heavy atom. The number of nitriles is 1. The van der Waals surface area contributed by atoms with Gasteiger partial charge in [0.2, 0.25) is 0 Å². The third kappa shape index (κ3) is 3.24. The van der Waals surface area contributed by atoms with Crippen LogP contribution in [0.3, 0.4) is 0 Å². The van der Waals surface area contributed by atoms with E-state index in [1.165, 1.54) is 18.2 Å². The fourth-order valence-electron chi connectivity index (χ4n) is 1.65. The normalized spacial score (nSPS) is 10.1. The largest absolute Gasteiger partial charge is 0.456 e. The van der Waals surface area contributed by atoms with Crippen LogP contribution < -0.4 is 4.74 Å². The molecule has 0 radical (unpaired) electrons. The molecule has 0 saturated heterocycles. The lowest BCUT2D eigenvalue weighted by atomic mass is 10.2. The molecule has 0 atom stereocenters. The van der Waals surface area contributed by atoms with Crippen LogP contribution in [0.5, 0.6) is 11.5 Å². The van der Waals surface area contributed by atoms with E-state index >= 15 is 0 Å². The Kier molecular flexibility index (Phi) is 4.89. The Morgan fingerprint density at radius 3 is 2.80 bits per heavy atom. The van der Waals surface area contributed by atoms with Gasteiger partial charge in [-0.05, 0) is 30.0 Å². The highest BCUT2D eigenvalue weighted by molar-refractivity contribution is 7.99. The number of benzene rings is 2. The van der Waals surface area contributed by atoms with Crippen molar-refractivity contribution in [1.82, 2.24) is 0 Å². The zero-order chi connectivity index (χ0) is 14.5. The quantitative estimate of drug-likeness (QED) is 0.723. The second-order valence-corrected chi connectivity index (χ2v) is 5.57. The van der Waals surface area contributed by atoms with E-state index in [-0.39, 0.29) is 5.02 Å². The van der Waals surface area contributed by atoms with Crippen molar-refractivity contribution in [3.05, 3.63) is 52.8 Å². The van der Waals surface area contributed by atoms with Gasteiger partial charge in [0.25, 0.3) is 0 Å². The average Bonchev–Trinajstić information content (AvgIpc) is 2.44. The van der Waals surface area contributed by atoms with Crippen LogP contribution in [-0.2, 0) is 0 Å². The third-order valence-electron chi connectivity index (χ3n) is 2.52. The molecule has 102 valence electrons. The molecule has 0 bridgehead atoms. The minimum Gasteiger partial charge on any atom is -0.456 e. The lowest BCUT2D eigenvalue weighted by Crippen LogP contribution is -1.91. The summed E-state index contributed by atoms with van der Waals surface area (Å²) in [6.07, 6.45) is 0. The molecule has 0 aliphatic rings. The van der Waals surface area contributed by atoms with E-state index in [4.69, 9.17) is 16.3 Å². The summed E-state index contributed by atoms with van der Waals surface area (Å²) in [7, 11) is 0. The first-order valence-electron chi connectivity index (χ1n) is 5.94. The van der Waals surface area contributed by atoms with Gasteiger partial charge in [-0.1, -0.05) is 24.6 Å². The minimum absolute atomic E-state index is 0.0138. The Balaban J connectivity index is 2.35. The molecule has 0 fully saturated rings. The maximum absolute atomic E-state index is 13.1. The maximum Gasteiger partial charge on any atom is 0.146 e. The van der Waals surface area contributed by atoms with Crippen LogP contribution in [0.25, 0.3) is 0 Å². The molecule has 0 aliphatic heterocycles. The van der Waals surface area contributed by atoms with E-state index in [2.05, 4.69) is 6.07 Å². The Labute approximate surface area is 126 Å². The molecule has 0 spiro atoms. The molecule has 5 heteroatoms. The van der Waals surface area contributed by atoms with E-state index < -0.39 is 5.82 Å². The summed E-state index contributed by atoms with van der Waals surface area (Å²) >= 11 is 7.28. The molecule has 0 unspecified atom stereocenters. The van der Waals surface area contributed by atoms with Gasteiger partial charge in [0, 0.05) is 11.0 Å². The molecular weight excluding hydrogens is 297 g/mol. The first-order valence-corrected chi connectivity index (χ1v) is 7.31. The van der Waals surface area contributed by atoms with Crippen molar-refractivity contribution in [2.45, 2.75) is 11.8 Å². The zero-order valence-corrected chi connectivity index (χ0v) is 12.3. The molecule has 0 heterocycles. The van der Waals surface area contributed by atoms with Gasteiger partial charge in [0.05, 0.1) is 5.02 Å². The smallest absolute Gasteiger partial charge is 0.146 e. The molecule has 2 aromatic rings. The molecule has 0 amide bonds. The first kappa shape index (κ1) is 14.7. The summed E-state index contributed by atoms with van der Waals surface area (Å²) < 4.78 is 18.7. The topological polar surface area (TPSA) is 33.0 Å². The predicted molar refractivity (Wildman–Crippen MR) is 79.0 cm³/mol. The van der Waals surface area contributed by atoms with Crippen molar-refractivity contribution < 1.29 is 9.13 Å². The van der Waals surface area contributed by atoms with Crippen molar-refractivity contribution in [3.8, 4) is 17.6 Å². The number of rotatable bonds is 4. The van der Waals surface area contributed by atoms with Gasteiger partial charge in [0.1, 0.15) is 28.9 Å². The summed E-state index contributed by atoms with van der Waals surface area (Å²) in [5, 5.41) is 9.26. The van der Waals surface area contributed by atoms with Crippen LogP contribution in [0.4, 0.5) is 4.39 Å². The number of halogens is 2. The molecule has 20 heavy (non-hydrogen) atoms. The van der Waals surface area contributed by atoms with Gasteiger partial charge in [0.15, 0.2) is 0 Å². The number of nitrogens with zero attached hydrogens (tertiary/aromatic N) is 1. The molecule has 0 N–H and O–H groups in total. The van der Waals surface area contributed by atoms with E-state index in [0.29, 0.717) is 17.1 Å². The summed E-state index contributed by atoms with van der Waals surface area (Å²) in [4.78, 5) is 0.862. The minimum atomic E-state index is -0.505. The van der Waals surface area contributed by atoms with E-state index in [9.17, 15) is 9.65 Å². The molecule has 2 rings (SSSR count). The fraction of sp³-hybridized carbons (Fsp3) is 0.133.